The van der Waals surface area contributed by atoms with Gasteiger partial charge in [0.2, 0.25) is 5.91 Å². The van der Waals surface area contributed by atoms with Gasteiger partial charge in [0.25, 0.3) is 10.0 Å². The second kappa shape index (κ2) is 11.5. The number of hydrogen-bond donors (Lipinski definition) is 1. The van der Waals surface area contributed by atoms with E-state index in [-0.39, 0.29) is 17.3 Å². The van der Waals surface area contributed by atoms with Gasteiger partial charge in [0.1, 0.15) is 6.54 Å². The van der Waals surface area contributed by atoms with Gasteiger partial charge in [-0.25, -0.2) is 8.42 Å². The van der Waals surface area contributed by atoms with E-state index in [0.717, 1.165) is 21.0 Å². The molecule has 0 aliphatic carbocycles. The summed E-state index contributed by atoms with van der Waals surface area (Å²) in [4.78, 5) is 13.9. The van der Waals surface area contributed by atoms with Crippen LogP contribution in [-0.2, 0) is 14.8 Å². The van der Waals surface area contributed by atoms with E-state index in [1.54, 1.807) is 54.2 Å². The fraction of sp³-hybridized carbons (Fsp3) is 0.208. The number of carbonyl (C=O) groups excluding carboxylic acids is 1. The third kappa shape index (κ3) is 6.85. The van der Waals surface area contributed by atoms with Crippen molar-refractivity contribution >= 4 is 49.3 Å². The molecule has 0 radical (unpaired) electrons. The molecule has 1 amide bonds. The molecule has 0 saturated carbocycles. The molecule has 0 atom stereocenters. The Hall–Kier alpha value is -2.29. The summed E-state index contributed by atoms with van der Waals surface area (Å²) in [5.41, 5.74) is 1.66. The number of anilines is 1. The van der Waals surface area contributed by atoms with Crippen molar-refractivity contribution in [2.45, 2.75) is 23.1 Å². The number of benzene rings is 3. The summed E-state index contributed by atoms with van der Waals surface area (Å²) in [6.07, 6.45) is 0.786. The summed E-state index contributed by atoms with van der Waals surface area (Å²) in [6, 6.07) is 23.3. The smallest absolute Gasteiger partial charge is 0.264 e. The summed E-state index contributed by atoms with van der Waals surface area (Å²) >= 11 is 5.09. The summed E-state index contributed by atoms with van der Waals surface area (Å²) < 4.78 is 28.5. The van der Waals surface area contributed by atoms with Gasteiger partial charge >= 0.3 is 0 Å². The molecule has 0 fully saturated rings. The van der Waals surface area contributed by atoms with E-state index in [9.17, 15) is 13.2 Å². The first-order valence-corrected chi connectivity index (χ1v) is 13.4. The van der Waals surface area contributed by atoms with Crippen molar-refractivity contribution in [3.05, 3.63) is 88.9 Å². The first-order valence-electron chi connectivity index (χ1n) is 10.2. The zero-order valence-electron chi connectivity index (χ0n) is 17.7. The molecule has 3 aromatic rings. The molecule has 0 bridgehead atoms. The van der Waals surface area contributed by atoms with Crippen LogP contribution in [0.4, 0.5) is 5.69 Å². The van der Waals surface area contributed by atoms with Crippen molar-refractivity contribution in [3.63, 3.8) is 0 Å². The normalized spacial score (nSPS) is 11.2. The first kappa shape index (κ1) is 24.4. The number of rotatable bonds is 10. The third-order valence-corrected chi connectivity index (χ3v) is 8.08. The van der Waals surface area contributed by atoms with Crippen LogP contribution in [0.25, 0.3) is 0 Å². The second-order valence-electron chi connectivity index (χ2n) is 7.17. The number of aryl methyl sites for hydroxylation is 1. The zero-order chi connectivity index (χ0) is 23.0. The number of amides is 1. The Labute approximate surface area is 202 Å². The van der Waals surface area contributed by atoms with Gasteiger partial charge in [-0.05, 0) is 67.6 Å². The van der Waals surface area contributed by atoms with Gasteiger partial charge in [-0.2, -0.15) is 0 Å². The molecule has 0 heterocycles. The fourth-order valence-corrected chi connectivity index (χ4v) is 5.51. The predicted octanol–water partition coefficient (Wildman–Crippen LogP) is 5.25. The van der Waals surface area contributed by atoms with E-state index in [4.69, 9.17) is 0 Å². The highest BCUT2D eigenvalue weighted by atomic mass is 79.9. The molecule has 0 aliphatic rings. The molecule has 3 rings (SSSR count). The molecule has 0 unspecified atom stereocenters. The minimum absolute atomic E-state index is 0.144. The molecule has 3 aromatic carbocycles. The molecule has 168 valence electrons. The molecule has 0 aromatic heterocycles. The van der Waals surface area contributed by atoms with Crippen molar-refractivity contribution < 1.29 is 13.2 Å². The largest absolute Gasteiger partial charge is 0.354 e. The van der Waals surface area contributed by atoms with Gasteiger partial charge in [-0.15, -0.1) is 11.8 Å². The average molecular weight is 534 g/mol. The summed E-state index contributed by atoms with van der Waals surface area (Å²) in [6.45, 7) is 2.25. The van der Waals surface area contributed by atoms with E-state index >= 15 is 0 Å². The Morgan fingerprint density at radius 3 is 2.28 bits per heavy atom. The maximum atomic E-state index is 13.2. The number of halogens is 1. The van der Waals surface area contributed by atoms with Crippen LogP contribution < -0.4 is 9.62 Å². The Morgan fingerprint density at radius 1 is 0.969 bits per heavy atom. The van der Waals surface area contributed by atoms with Gasteiger partial charge < -0.3 is 5.32 Å². The first-order chi connectivity index (χ1) is 15.4. The molecular formula is C24H25BrN2O3S2. The monoisotopic (exact) mass is 532 g/mol. The Morgan fingerprint density at radius 2 is 1.62 bits per heavy atom. The topological polar surface area (TPSA) is 66.5 Å². The van der Waals surface area contributed by atoms with Gasteiger partial charge in [-0.1, -0.05) is 51.8 Å². The van der Waals surface area contributed by atoms with E-state index in [0.29, 0.717) is 12.2 Å². The lowest BCUT2D eigenvalue weighted by atomic mass is 10.2. The minimum atomic E-state index is -3.88. The fourth-order valence-electron chi connectivity index (χ4n) is 2.95. The highest BCUT2D eigenvalue weighted by Gasteiger charge is 2.26. The van der Waals surface area contributed by atoms with Crippen LogP contribution >= 0.6 is 27.7 Å². The minimum Gasteiger partial charge on any atom is -0.354 e. The number of hydrogen-bond acceptors (Lipinski definition) is 4. The number of nitrogens with zero attached hydrogens (tertiary/aromatic N) is 1. The van der Waals surface area contributed by atoms with Crippen molar-refractivity contribution in [2.24, 2.45) is 0 Å². The Kier molecular flexibility index (Phi) is 8.78. The van der Waals surface area contributed by atoms with Crippen molar-refractivity contribution in [1.82, 2.24) is 5.32 Å². The SMILES string of the molecule is Cc1ccc(SCCCNC(=O)CN(c2ccc(Br)cc2)S(=O)(=O)c2ccccc2)cc1. The number of nitrogens with one attached hydrogen (secondary N) is 1. The van der Waals surface area contributed by atoms with E-state index in [1.807, 2.05) is 0 Å². The predicted molar refractivity (Wildman–Crippen MR) is 135 cm³/mol. The zero-order valence-corrected chi connectivity index (χ0v) is 20.9. The molecule has 32 heavy (non-hydrogen) atoms. The summed E-state index contributed by atoms with van der Waals surface area (Å²) in [7, 11) is -3.88. The van der Waals surface area contributed by atoms with Crippen LogP contribution in [0.15, 0.2) is 93.1 Å². The van der Waals surface area contributed by atoms with Gasteiger partial charge in [0, 0.05) is 15.9 Å². The lowest BCUT2D eigenvalue weighted by Crippen LogP contribution is -2.41. The van der Waals surface area contributed by atoms with Crippen LogP contribution in [0.2, 0.25) is 0 Å². The van der Waals surface area contributed by atoms with Gasteiger partial charge in [0.15, 0.2) is 0 Å². The quantitative estimate of drug-likeness (QED) is 0.286. The second-order valence-corrected chi connectivity index (χ2v) is 11.1. The van der Waals surface area contributed by atoms with Crippen molar-refractivity contribution in [3.8, 4) is 0 Å². The highest BCUT2D eigenvalue weighted by molar-refractivity contribution is 9.10. The van der Waals surface area contributed by atoms with E-state index < -0.39 is 10.0 Å². The average Bonchev–Trinajstić information content (AvgIpc) is 2.80. The van der Waals surface area contributed by atoms with Gasteiger partial charge in [0.05, 0.1) is 10.6 Å². The van der Waals surface area contributed by atoms with E-state index in [1.165, 1.54) is 22.6 Å². The standard InChI is InChI=1S/C24H25BrN2O3S2/c1-19-8-14-22(15-9-19)31-17-5-16-26-24(28)18-27(21-12-10-20(25)11-13-21)32(29,30)23-6-3-2-4-7-23/h2-4,6-15H,5,16-18H2,1H3,(H,26,28). The summed E-state index contributed by atoms with van der Waals surface area (Å²) in [5.74, 6) is 0.523. The van der Waals surface area contributed by atoms with Crippen LogP contribution in [0.3, 0.4) is 0 Å². The molecule has 0 saturated heterocycles. The molecule has 8 heteroatoms. The lowest BCUT2D eigenvalue weighted by Gasteiger charge is -2.24. The lowest BCUT2D eigenvalue weighted by molar-refractivity contribution is -0.119. The van der Waals surface area contributed by atoms with Crippen LogP contribution in [-0.4, -0.2) is 33.2 Å². The van der Waals surface area contributed by atoms with Gasteiger partial charge in [-0.3, -0.25) is 9.10 Å². The number of thioether (sulfide) groups is 1. The number of sulfonamides is 1. The van der Waals surface area contributed by atoms with Crippen LogP contribution in [0.1, 0.15) is 12.0 Å². The molecule has 0 spiro atoms. The molecular weight excluding hydrogens is 508 g/mol. The van der Waals surface area contributed by atoms with Crippen molar-refractivity contribution in [2.75, 3.05) is 23.1 Å². The van der Waals surface area contributed by atoms with E-state index in [2.05, 4.69) is 52.4 Å². The highest BCUT2D eigenvalue weighted by Crippen LogP contribution is 2.25. The van der Waals surface area contributed by atoms with Crippen LogP contribution in [0, 0.1) is 6.92 Å². The maximum absolute atomic E-state index is 13.2. The van der Waals surface area contributed by atoms with Crippen LogP contribution in [0.5, 0.6) is 0 Å². The molecule has 0 aliphatic heterocycles. The summed E-state index contributed by atoms with van der Waals surface area (Å²) in [5, 5.41) is 2.85. The maximum Gasteiger partial charge on any atom is 0.264 e. The third-order valence-electron chi connectivity index (χ3n) is 4.67. The molecule has 1 N–H and O–H groups in total. The Balaban J connectivity index is 1.61. The van der Waals surface area contributed by atoms with Crippen molar-refractivity contribution in [1.29, 1.82) is 0 Å². The number of carbonyl (C=O) groups is 1. The Bertz CT molecular complexity index is 1120. The molecule has 5 nitrogen and oxygen atoms in total.